The van der Waals surface area contributed by atoms with Gasteiger partial charge in [0.1, 0.15) is 18.2 Å². The van der Waals surface area contributed by atoms with Crippen molar-refractivity contribution in [2.75, 3.05) is 25.0 Å². The fourth-order valence-corrected chi connectivity index (χ4v) is 3.12. The third kappa shape index (κ3) is 2.61. The molecule has 1 aromatic carbocycles. The summed E-state index contributed by atoms with van der Waals surface area (Å²) in [5, 5.41) is 11.4. The number of benzene rings is 1. The third-order valence-corrected chi connectivity index (χ3v) is 4.29. The number of anilines is 1. The first-order valence-electron chi connectivity index (χ1n) is 7.58. The lowest BCUT2D eigenvalue weighted by Gasteiger charge is -2.30. The third-order valence-electron chi connectivity index (χ3n) is 4.29. The molecule has 2 aromatic rings. The van der Waals surface area contributed by atoms with Gasteiger partial charge in [-0.1, -0.05) is 18.2 Å². The van der Waals surface area contributed by atoms with Crippen molar-refractivity contribution in [3.8, 4) is 5.75 Å². The molecule has 1 aromatic heterocycles. The van der Waals surface area contributed by atoms with E-state index < -0.39 is 0 Å². The van der Waals surface area contributed by atoms with E-state index in [0.717, 1.165) is 44.2 Å². The Labute approximate surface area is 124 Å². The zero-order valence-corrected chi connectivity index (χ0v) is 12.0. The van der Waals surface area contributed by atoms with Gasteiger partial charge in [-0.25, -0.2) is 4.68 Å². The Hall–Kier alpha value is -2.01. The van der Waals surface area contributed by atoms with E-state index in [1.807, 2.05) is 23.0 Å². The second-order valence-electron chi connectivity index (χ2n) is 5.87. The van der Waals surface area contributed by atoms with E-state index in [4.69, 9.17) is 4.74 Å². The average Bonchev–Trinajstić information content (AvgIpc) is 3.00. The average molecular weight is 284 g/mol. The van der Waals surface area contributed by atoms with Gasteiger partial charge in [0.05, 0.1) is 6.20 Å². The zero-order chi connectivity index (χ0) is 14.1. The molecule has 0 saturated heterocycles. The highest BCUT2D eigenvalue weighted by molar-refractivity contribution is 5.36. The monoisotopic (exact) mass is 284 g/mol. The Morgan fingerprint density at radius 1 is 1.33 bits per heavy atom. The summed E-state index contributed by atoms with van der Waals surface area (Å²) in [5.41, 5.74) is 1.30. The molecule has 2 aliphatic heterocycles. The van der Waals surface area contributed by atoms with Crippen molar-refractivity contribution in [3.63, 3.8) is 0 Å². The molecule has 0 saturated carbocycles. The summed E-state index contributed by atoms with van der Waals surface area (Å²) >= 11 is 0. The van der Waals surface area contributed by atoms with Crippen LogP contribution in [0.3, 0.4) is 0 Å². The van der Waals surface area contributed by atoms with Crippen LogP contribution in [-0.2, 0) is 13.0 Å². The highest BCUT2D eigenvalue weighted by Gasteiger charge is 2.22. The van der Waals surface area contributed by atoms with E-state index in [9.17, 15) is 0 Å². The van der Waals surface area contributed by atoms with E-state index in [-0.39, 0.29) is 0 Å². The molecule has 0 aliphatic carbocycles. The Kier molecular flexibility index (Phi) is 3.27. The lowest BCUT2D eigenvalue weighted by molar-refractivity contribution is 0.230. The summed E-state index contributed by atoms with van der Waals surface area (Å²) in [6.07, 6.45) is 2.90. The Morgan fingerprint density at radius 3 is 3.29 bits per heavy atom. The highest BCUT2D eigenvalue weighted by Crippen LogP contribution is 2.24. The second-order valence-corrected chi connectivity index (χ2v) is 5.87. The molecule has 2 aliphatic rings. The molecule has 4 rings (SSSR count). The maximum Gasteiger partial charge on any atom is 0.124 e. The minimum atomic E-state index is 0.402. The Bertz CT molecular complexity index is 624. The van der Waals surface area contributed by atoms with Gasteiger partial charge in [-0.2, -0.15) is 5.10 Å². The topological polar surface area (TPSA) is 51.1 Å². The number of rotatable bonds is 3. The SMILES string of the molecule is c1ccc2c(c1)CC(NCC1CNc3ccnn3C1)CO2. The lowest BCUT2D eigenvalue weighted by atomic mass is 10.0. The summed E-state index contributed by atoms with van der Waals surface area (Å²) in [5.74, 6) is 2.73. The van der Waals surface area contributed by atoms with E-state index in [0.29, 0.717) is 12.0 Å². The Morgan fingerprint density at radius 2 is 2.29 bits per heavy atom. The highest BCUT2D eigenvalue weighted by atomic mass is 16.5. The minimum Gasteiger partial charge on any atom is -0.492 e. The van der Waals surface area contributed by atoms with Crippen LogP contribution in [0.1, 0.15) is 5.56 Å². The van der Waals surface area contributed by atoms with Crippen molar-refractivity contribution < 1.29 is 4.74 Å². The molecule has 0 fully saturated rings. The number of fused-ring (bicyclic) bond motifs is 2. The van der Waals surface area contributed by atoms with E-state index in [2.05, 4.69) is 33.9 Å². The van der Waals surface area contributed by atoms with Crippen LogP contribution in [0.2, 0.25) is 0 Å². The smallest absolute Gasteiger partial charge is 0.124 e. The molecule has 3 heterocycles. The fraction of sp³-hybridized carbons (Fsp3) is 0.438. The fourth-order valence-electron chi connectivity index (χ4n) is 3.12. The zero-order valence-electron chi connectivity index (χ0n) is 12.0. The van der Waals surface area contributed by atoms with Gasteiger partial charge in [0.2, 0.25) is 0 Å². The van der Waals surface area contributed by atoms with Gasteiger partial charge in [0.25, 0.3) is 0 Å². The standard InChI is InChI=1S/C16H20N4O/c1-2-4-15-13(3-1)7-14(11-21-15)17-8-12-9-18-16-5-6-19-20(16)10-12/h1-6,12,14,17-18H,7-11H2. The molecule has 2 unspecified atom stereocenters. The molecular formula is C16H20N4O. The maximum absolute atomic E-state index is 5.82. The van der Waals surface area contributed by atoms with Crippen molar-refractivity contribution in [2.45, 2.75) is 19.0 Å². The first-order chi connectivity index (χ1) is 10.4. The molecule has 0 bridgehead atoms. The van der Waals surface area contributed by atoms with Crippen molar-refractivity contribution in [3.05, 3.63) is 42.1 Å². The predicted molar refractivity (Wildman–Crippen MR) is 81.6 cm³/mol. The number of ether oxygens (including phenoxy) is 1. The lowest BCUT2D eigenvalue weighted by Crippen LogP contribution is -2.44. The van der Waals surface area contributed by atoms with Gasteiger partial charge < -0.3 is 15.4 Å². The number of para-hydroxylation sites is 1. The molecule has 2 N–H and O–H groups in total. The van der Waals surface area contributed by atoms with Crippen LogP contribution in [0, 0.1) is 5.92 Å². The van der Waals surface area contributed by atoms with Crippen LogP contribution in [0.5, 0.6) is 5.75 Å². The number of hydrogen-bond acceptors (Lipinski definition) is 4. The first kappa shape index (κ1) is 12.7. The minimum absolute atomic E-state index is 0.402. The summed E-state index contributed by atoms with van der Waals surface area (Å²) in [7, 11) is 0. The van der Waals surface area contributed by atoms with Gasteiger partial charge in [-0.15, -0.1) is 0 Å². The van der Waals surface area contributed by atoms with Gasteiger partial charge in [-0.05, 0) is 18.1 Å². The van der Waals surface area contributed by atoms with Gasteiger partial charge in [0.15, 0.2) is 0 Å². The van der Waals surface area contributed by atoms with Gasteiger partial charge in [0, 0.05) is 37.7 Å². The largest absolute Gasteiger partial charge is 0.492 e. The van der Waals surface area contributed by atoms with E-state index in [1.54, 1.807) is 0 Å². The normalized spacial score (nSPS) is 23.6. The van der Waals surface area contributed by atoms with Crippen LogP contribution >= 0.6 is 0 Å². The van der Waals surface area contributed by atoms with Crippen molar-refractivity contribution in [2.24, 2.45) is 5.92 Å². The summed E-state index contributed by atoms with van der Waals surface area (Å²) in [4.78, 5) is 0. The van der Waals surface area contributed by atoms with Crippen LogP contribution in [0.4, 0.5) is 5.82 Å². The maximum atomic E-state index is 5.82. The van der Waals surface area contributed by atoms with Gasteiger partial charge in [-0.3, -0.25) is 0 Å². The molecular weight excluding hydrogens is 264 g/mol. The number of nitrogens with zero attached hydrogens (tertiary/aromatic N) is 2. The van der Waals surface area contributed by atoms with E-state index in [1.165, 1.54) is 5.56 Å². The molecule has 2 atom stereocenters. The number of hydrogen-bond donors (Lipinski definition) is 2. The van der Waals surface area contributed by atoms with E-state index >= 15 is 0 Å². The van der Waals surface area contributed by atoms with Crippen molar-refractivity contribution in [1.29, 1.82) is 0 Å². The quantitative estimate of drug-likeness (QED) is 0.897. The summed E-state index contributed by atoms with van der Waals surface area (Å²) < 4.78 is 7.87. The second kappa shape index (κ2) is 5.41. The number of aromatic nitrogens is 2. The van der Waals surface area contributed by atoms with Crippen molar-refractivity contribution in [1.82, 2.24) is 15.1 Å². The summed E-state index contributed by atoms with van der Waals surface area (Å²) in [6, 6.07) is 10.7. The Balaban J connectivity index is 1.32. The molecule has 0 amide bonds. The predicted octanol–water partition coefficient (Wildman–Crippen LogP) is 1.52. The molecule has 21 heavy (non-hydrogen) atoms. The van der Waals surface area contributed by atoms with Crippen LogP contribution in [0.25, 0.3) is 0 Å². The molecule has 5 heteroatoms. The molecule has 5 nitrogen and oxygen atoms in total. The van der Waals surface area contributed by atoms with Crippen LogP contribution < -0.4 is 15.4 Å². The first-order valence-corrected chi connectivity index (χ1v) is 7.58. The molecule has 110 valence electrons. The van der Waals surface area contributed by atoms with Crippen molar-refractivity contribution >= 4 is 5.82 Å². The van der Waals surface area contributed by atoms with Crippen LogP contribution in [0.15, 0.2) is 36.5 Å². The molecule has 0 radical (unpaired) electrons. The van der Waals surface area contributed by atoms with Gasteiger partial charge >= 0.3 is 0 Å². The molecule has 0 spiro atoms. The van der Waals surface area contributed by atoms with Crippen LogP contribution in [-0.4, -0.2) is 35.5 Å². The number of nitrogens with one attached hydrogen (secondary N) is 2. The summed E-state index contributed by atoms with van der Waals surface area (Å²) in [6.45, 7) is 3.72.